The van der Waals surface area contributed by atoms with E-state index in [1.807, 2.05) is 53.4 Å². The van der Waals surface area contributed by atoms with Gasteiger partial charge in [0.1, 0.15) is 6.10 Å². The zero-order valence-electron chi connectivity index (χ0n) is 16.6. The van der Waals surface area contributed by atoms with Crippen molar-refractivity contribution in [3.63, 3.8) is 0 Å². The molecule has 0 unspecified atom stereocenters. The highest BCUT2D eigenvalue weighted by Crippen LogP contribution is 2.29. The fourth-order valence-electron chi connectivity index (χ4n) is 4.17. The molecule has 4 rings (SSSR count). The quantitative estimate of drug-likeness (QED) is 0.829. The number of morpholine rings is 1. The molecular formula is C23H28ClN3O2. The van der Waals surface area contributed by atoms with Crippen molar-refractivity contribution in [2.75, 3.05) is 44.2 Å². The monoisotopic (exact) mass is 413 g/mol. The van der Waals surface area contributed by atoms with E-state index in [1.165, 1.54) is 0 Å². The van der Waals surface area contributed by atoms with Gasteiger partial charge in [0.25, 0.3) is 5.91 Å². The maximum Gasteiger partial charge on any atom is 0.255 e. The lowest BCUT2D eigenvalue weighted by Gasteiger charge is -2.34. The van der Waals surface area contributed by atoms with Gasteiger partial charge in [-0.05, 0) is 49.1 Å². The fraction of sp³-hybridized carbons (Fsp3) is 0.435. The predicted molar refractivity (Wildman–Crippen MR) is 116 cm³/mol. The number of rotatable bonds is 4. The number of benzene rings is 2. The molecule has 5 nitrogen and oxygen atoms in total. The van der Waals surface area contributed by atoms with Gasteiger partial charge in [-0.1, -0.05) is 41.9 Å². The second kappa shape index (κ2) is 9.16. The number of carbonyl (C=O) groups excluding carboxylic acids is 1. The molecule has 0 bridgehead atoms. The lowest BCUT2D eigenvalue weighted by Crippen LogP contribution is -2.42. The molecule has 2 aromatic rings. The van der Waals surface area contributed by atoms with Crippen LogP contribution in [0.1, 0.15) is 34.9 Å². The van der Waals surface area contributed by atoms with E-state index in [0.717, 1.165) is 43.7 Å². The molecule has 154 valence electrons. The number of amides is 1. The number of anilines is 1. The number of nitrogens with two attached hydrogens (primary N) is 1. The molecular weight excluding hydrogens is 386 g/mol. The number of carbonyl (C=O) groups is 1. The summed E-state index contributed by atoms with van der Waals surface area (Å²) in [5, 5.41) is 0.510. The van der Waals surface area contributed by atoms with E-state index in [9.17, 15) is 4.79 Å². The first kappa shape index (κ1) is 20.2. The number of halogens is 1. The van der Waals surface area contributed by atoms with Gasteiger partial charge in [-0.2, -0.15) is 0 Å². The Morgan fingerprint density at radius 2 is 1.86 bits per heavy atom. The summed E-state index contributed by atoms with van der Waals surface area (Å²) in [5.74, 6) is 0.578. The van der Waals surface area contributed by atoms with Crippen molar-refractivity contribution >= 4 is 23.2 Å². The van der Waals surface area contributed by atoms with Crippen LogP contribution in [0.2, 0.25) is 5.02 Å². The minimum Gasteiger partial charge on any atom is -0.371 e. The smallest absolute Gasteiger partial charge is 0.255 e. The summed E-state index contributed by atoms with van der Waals surface area (Å²) in [5.41, 5.74) is 8.51. The van der Waals surface area contributed by atoms with Crippen LogP contribution in [0.25, 0.3) is 0 Å². The molecule has 2 aliphatic heterocycles. The molecule has 2 fully saturated rings. The van der Waals surface area contributed by atoms with Crippen LogP contribution >= 0.6 is 11.6 Å². The Morgan fingerprint density at radius 3 is 2.55 bits per heavy atom. The molecule has 0 aliphatic carbocycles. The Morgan fingerprint density at radius 1 is 1.10 bits per heavy atom. The molecule has 2 heterocycles. The second-order valence-electron chi connectivity index (χ2n) is 7.85. The van der Waals surface area contributed by atoms with E-state index >= 15 is 0 Å². The third kappa shape index (κ3) is 4.58. The van der Waals surface area contributed by atoms with Crippen LogP contribution < -0.4 is 10.6 Å². The number of piperidine rings is 1. The van der Waals surface area contributed by atoms with Crippen molar-refractivity contribution in [1.82, 2.24) is 4.90 Å². The SMILES string of the molecule is NCC1CCN(c2ccc(C(=O)N3CCO[C@@H](c4ccccc4)C3)c(Cl)c2)CC1. The van der Waals surface area contributed by atoms with E-state index in [4.69, 9.17) is 22.1 Å². The van der Waals surface area contributed by atoms with E-state index in [2.05, 4.69) is 4.90 Å². The van der Waals surface area contributed by atoms with Gasteiger partial charge < -0.3 is 20.3 Å². The number of ether oxygens (including phenoxy) is 1. The van der Waals surface area contributed by atoms with Crippen LogP contribution in [0.4, 0.5) is 5.69 Å². The summed E-state index contributed by atoms with van der Waals surface area (Å²) in [6, 6.07) is 15.8. The first-order chi connectivity index (χ1) is 14.2. The molecule has 0 saturated carbocycles. The first-order valence-electron chi connectivity index (χ1n) is 10.4. The van der Waals surface area contributed by atoms with Crippen molar-refractivity contribution in [1.29, 1.82) is 0 Å². The van der Waals surface area contributed by atoms with E-state index in [1.54, 1.807) is 0 Å². The van der Waals surface area contributed by atoms with Gasteiger partial charge in [-0.25, -0.2) is 0 Å². The zero-order valence-corrected chi connectivity index (χ0v) is 17.4. The van der Waals surface area contributed by atoms with Crippen LogP contribution in [-0.4, -0.2) is 50.1 Å². The van der Waals surface area contributed by atoms with Crippen LogP contribution in [0.5, 0.6) is 0 Å². The third-order valence-electron chi connectivity index (χ3n) is 6.02. The molecule has 1 atom stereocenters. The standard InChI is InChI=1S/C23H28ClN3O2/c24-21-14-19(26-10-8-17(15-25)9-11-26)6-7-20(21)23(28)27-12-13-29-22(16-27)18-4-2-1-3-5-18/h1-7,14,17,22H,8-13,15-16,25H2/t22-/m1/s1. The Balaban J connectivity index is 1.44. The van der Waals surface area contributed by atoms with Crippen LogP contribution in [0.3, 0.4) is 0 Å². The molecule has 2 aliphatic rings. The Bertz CT molecular complexity index is 837. The average molecular weight is 414 g/mol. The molecule has 6 heteroatoms. The van der Waals surface area contributed by atoms with Crippen molar-refractivity contribution in [2.24, 2.45) is 11.7 Å². The summed E-state index contributed by atoms with van der Waals surface area (Å²) < 4.78 is 5.88. The van der Waals surface area contributed by atoms with Crippen LogP contribution in [0, 0.1) is 5.92 Å². The lowest BCUT2D eigenvalue weighted by atomic mass is 9.96. The second-order valence-corrected chi connectivity index (χ2v) is 8.26. The van der Waals surface area contributed by atoms with Gasteiger partial charge in [-0.3, -0.25) is 4.79 Å². The van der Waals surface area contributed by atoms with Crippen LogP contribution in [-0.2, 0) is 4.74 Å². The highest BCUT2D eigenvalue weighted by atomic mass is 35.5. The van der Waals surface area contributed by atoms with Crippen LogP contribution in [0.15, 0.2) is 48.5 Å². The maximum absolute atomic E-state index is 13.1. The fourth-order valence-corrected chi connectivity index (χ4v) is 4.43. The molecule has 0 spiro atoms. The summed E-state index contributed by atoms with van der Waals surface area (Å²) in [6.45, 7) is 4.35. The van der Waals surface area contributed by atoms with Gasteiger partial charge >= 0.3 is 0 Å². The van der Waals surface area contributed by atoms with Gasteiger partial charge in [0.05, 0.1) is 23.7 Å². The molecule has 2 saturated heterocycles. The minimum absolute atomic E-state index is 0.0346. The molecule has 2 N–H and O–H groups in total. The number of hydrogen-bond donors (Lipinski definition) is 1. The number of hydrogen-bond acceptors (Lipinski definition) is 4. The van der Waals surface area contributed by atoms with Crippen molar-refractivity contribution < 1.29 is 9.53 Å². The van der Waals surface area contributed by atoms with Crippen molar-refractivity contribution in [3.05, 3.63) is 64.7 Å². The first-order valence-corrected chi connectivity index (χ1v) is 10.7. The molecule has 29 heavy (non-hydrogen) atoms. The zero-order chi connectivity index (χ0) is 20.2. The van der Waals surface area contributed by atoms with Gasteiger partial charge in [0.2, 0.25) is 0 Å². The van der Waals surface area contributed by atoms with Gasteiger partial charge in [-0.15, -0.1) is 0 Å². The largest absolute Gasteiger partial charge is 0.371 e. The van der Waals surface area contributed by atoms with Crippen molar-refractivity contribution in [3.8, 4) is 0 Å². The highest BCUT2D eigenvalue weighted by molar-refractivity contribution is 6.34. The third-order valence-corrected chi connectivity index (χ3v) is 6.33. The van der Waals surface area contributed by atoms with Crippen molar-refractivity contribution in [2.45, 2.75) is 18.9 Å². The van der Waals surface area contributed by atoms with Gasteiger partial charge in [0, 0.05) is 25.3 Å². The molecule has 1 amide bonds. The maximum atomic E-state index is 13.1. The van der Waals surface area contributed by atoms with E-state index in [0.29, 0.717) is 36.2 Å². The molecule has 0 aromatic heterocycles. The average Bonchev–Trinajstić information content (AvgIpc) is 2.79. The Kier molecular flexibility index (Phi) is 6.38. The highest BCUT2D eigenvalue weighted by Gasteiger charge is 2.27. The predicted octanol–water partition coefficient (Wildman–Crippen LogP) is 3.73. The summed E-state index contributed by atoms with van der Waals surface area (Å²) in [6.07, 6.45) is 2.10. The number of nitrogens with zero attached hydrogens (tertiary/aromatic N) is 2. The lowest BCUT2D eigenvalue weighted by molar-refractivity contribution is -0.0228. The summed E-state index contributed by atoms with van der Waals surface area (Å²) in [7, 11) is 0. The van der Waals surface area contributed by atoms with E-state index < -0.39 is 0 Å². The minimum atomic E-state index is -0.101. The summed E-state index contributed by atoms with van der Waals surface area (Å²) >= 11 is 6.55. The topological polar surface area (TPSA) is 58.8 Å². The Labute approximate surface area is 177 Å². The summed E-state index contributed by atoms with van der Waals surface area (Å²) in [4.78, 5) is 17.3. The molecule has 0 radical (unpaired) electrons. The Hall–Kier alpha value is -2.08. The van der Waals surface area contributed by atoms with E-state index in [-0.39, 0.29) is 12.0 Å². The van der Waals surface area contributed by atoms with Gasteiger partial charge in [0.15, 0.2) is 0 Å². The molecule has 2 aromatic carbocycles. The normalized spacial score (nSPS) is 20.7.